The average Bonchev–Trinajstić information content (AvgIpc) is 3.13. The molecule has 0 saturated carbocycles. The minimum Gasteiger partial charge on any atom is -0.497 e. The number of rotatable bonds is 6. The van der Waals surface area contributed by atoms with E-state index >= 15 is 0 Å². The van der Waals surface area contributed by atoms with Crippen LogP contribution in [0.4, 0.5) is 10.1 Å². The number of amides is 2. The first-order valence-corrected chi connectivity index (χ1v) is 10.8. The maximum Gasteiger partial charge on any atom is 0.232 e. The van der Waals surface area contributed by atoms with Crippen LogP contribution in [0.5, 0.6) is 5.75 Å². The molecule has 2 N–H and O–H groups in total. The zero-order chi connectivity index (χ0) is 24.2. The molecule has 1 fully saturated rings. The molecule has 2 atom stereocenters. The van der Waals surface area contributed by atoms with Crippen LogP contribution >= 0.6 is 0 Å². The lowest BCUT2D eigenvalue weighted by Gasteiger charge is -2.31. The Balaban J connectivity index is 0.00000149. The lowest BCUT2D eigenvalue weighted by molar-refractivity contribution is -0.137. The van der Waals surface area contributed by atoms with Gasteiger partial charge in [-0.3, -0.25) is 19.7 Å². The minimum atomic E-state index is -1.80. The number of nitrogens with one attached hydrogen (secondary N) is 2. The summed E-state index contributed by atoms with van der Waals surface area (Å²) in [5.74, 6) is -2.56. The quantitative estimate of drug-likeness (QED) is 0.506. The number of hydrogen-bond acceptors (Lipinski definition) is 7. The molecule has 0 spiro atoms. The van der Waals surface area contributed by atoms with Gasteiger partial charge in [0.15, 0.2) is 11.3 Å². The molecular weight excluding hydrogens is 429 g/mol. The lowest BCUT2D eigenvalue weighted by Crippen LogP contribution is -2.53. The number of ether oxygens (including phenoxy) is 1. The summed E-state index contributed by atoms with van der Waals surface area (Å²) in [5, 5.41) is 8.44. The van der Waals surface area contributed by atoms with Crippen molar-refractivity contribution in [3.63, 3.8) is 0 Å². The molecule has 0 aromatic heterocycles. The van der Waals surface area contributed by atoms with Gasteiger partial charge >= 0.3 is 0 Å². The zero-order valence-electron chi connectivity index (χ0n) is 18.7. The van der Waals surface area contributed by atoms with Crippen molar-refractivity contribution in [1.29, 1.82) is 0 Å². The Morgan fingerprint density at radius 1 is 1.21 bits per heavy atom. The third-order valence-electron chi connectivity index (χ3n) is 5.96. The van der Waals surface area contributed by atoms with Crippen LogP contribution in [0.15, 0.2) is 41.6 Å². The monoisotopic (exact) mass is 455 g/mol. The maximum atomic E-state index is 14.2. The molecule has 1 unspecified atom stereocenters. The van der Waals surface area contributed by atoms with Crippen LogP contribution in [0.25, 0.3) is 0 Å². The molecular formula is C24H26FN3O5. The fraction of sp³-hybridized carbons (Fsp3) is 0.375. The van der Waals surface area contributed by atoms with Gasteiger partial charge in [-0.2, -0.15) is 0 Å². The highest BCUT2D eigenvalue weighted by Crippen LogP contribution is 2.43. The number of ketones is 1. The van der Waals surface area contributed by atoms with Crippen LogP contribution < -0.4 is 15.4 Å². The van der Waals surface area contributed by atoms with E-state index in [9.17, 15) is 23.7 Å². The van der Waals surface area contributed by atoms with E-state index in [-0.39, 0.29) is 25.8 Å². The molecule has 0 radical (unpaired) electrons. The van der Waals surface area contributed by atoms with Crippen LogP contribution in [0.3, 0.4) is 0 Å². The van der Waals surface area contributed by atoms with Crippen LogP contribution in [0, 0.1) is 16.6 Å². The van der Waals surface area contributed by atoms with Gasteiger partial charge in [0.05, 0.1) is 13.0 Å². The number of methoxy groups -OCH3 is 1. The van der Waals surface area contributed by atoms with Gasteiger partial charge < -0.3 is 10.1 Å². The number of hydrogen-bond donors (Lipinski definition) is 2. The van der Waals surface area contributed by atoms with Gasteiger partial charge in [0, 0.05) is 36.2 Å². The van der Waals surface area contributed by atoms with Crippen molar-refractivity contribution in [2.24, 2.45) is 11.1 Å². The standard InChI is InChI=1S/C22H20FN3O5.C2H6/c1-31-13-5-7-17(23)12(9-13)11-24-18-4-2-3-14-15(18)10-22(26-30,20(14)28)16-6-8-19(27)25-21(16)29;1-2/h2-5,7,9,16,24H,6,8,10-11H2,1H3,(H,25,27,29);1-2H3/t16-,22?;/m0./s1. The van der Waals surface area contributed by atoms with Gasteiger partial charge in [0.25, 0.3) is 0 Å². The van der Waals surface area contributed by atoms with Crippen LogP contribution in [-0.4, -0.2) is 30.2 Å². The molecule has 2 aromatic rings. The van der Waals surface area contributed by atoms with E-state index in [1.54, 1.807) is 24.3 Å². The third-order valence-corrected chi connectivity index (χ3v) is 5.96. The van der Waals surface area contributed by atoms with E-state index < -0.39 is 34.9 Å². The minimum absolute atomic E-state index is 0.0392. The number of imide groups is 1. The smallest absolute Gasteiger partial charge is 0.232 e. The fourth-order valence-electron chi connectivity index (χ4n) is 4.31. The molecule has 9 heteroatoms. The highest BCUT2D eigenvalue weighted by atomic mass is 19.1. The topological polar surface area (TPSA) is 114 Å². The molecule has 1 heterocycles. The van der Waals surface area contributed by atoms with Crippen molar-refractivity contribution in [3.8, 4) is 5.75 Å². The van der Waals surface area contributed by atoms with E-state index in [4.69, 9.17) is 4.74 Å². The molecule has 174 valence electrons. The van der Waals surface area contributed by atoms with Crippen LogP contribution in [-0.2, 0) is 22.6 Å². The number of benzene rings is 2. The van der Waals surface area contributed by atoms with Crippen LogP contribution in [0.1, 0.15) is 48.2 Å². The van der Waals surface area contributed by atoms with Crippen molar-refractivity contribution in [2.45, 2.75) is 45.2 Å². The second-order valence-corrected chi connectivity index (χ2v) is 7.67. The highest BCUT2D eigenvalue weighted by Gasteiger charge is 2.57. The van der Waals surface area contributed by atoms with E-state index in [0.29, 0.717) is 28.1 Å². The summed E-state index contributed by atoms with van der Waals surface area (Å²) in [4.78, 5) is 49.0. The van der Waals surface area contributed by atoms with Gasteiger partial charge in [-0.05, 0) is 36.2 Å². The Kier molecular flexibility index (Phi) is 7.20. The van der Waals surface area contributed by atoms with Gasteiger partial charge in [-0.1, -0.05) is 31.2 Å². The molecule has 4 rings (SSSR count). The van der Waals surface area contributed by atoms with E-state index in [1.165, 1.54) is 19.2 Å². The Labute approximate surface area is 190 Å². The Morgan fingerprint density at radius 3 is 2.64 bits per heavy atom. The molecule has 1 aliphatic carbocycles. The molecule has 1 saturated heterocycles. The van der Waals surface area contributed by atoms with E-state index in [0.717, 1.165) is 0 Å². The van der Waals surface area contributed by atoms with Crippen molar-refractivity contribution in [2.75, 3.05) is 12.4 Å². The maximum absolute atomic E-state index is 14.2. The van der Waals surface area contributed by atoms with Gasteiger partial charge in [-0.25, -0.2) is 4.39 Å². The number of carbonyl (C=O) groups excluding carboxylic acids is 3. The third kappa shape index (κ3) is 4.35. The molecule has 0 bridgehead atoms. The Morgan fingerprint density at radius 2 is 1.97 bits per heavy atom. The second-order valence-electron chi connectivity index (χ2n) is 7.67. The first-order valence-electron chi connectivity index (χ1n) is 10.8. The summed E-state index contributed by atoms with van der Waals surface area (Å²) in [6.07, 6.45) is 0.0478. The molecule has 1 aliphatic heterocycles. The molecule has 33 heavy (non-hydrogen) atoms. The van der Waals surface area contributed by atoms with Gasteiger partial charge in [0.2, 0.25) is 11.8 Å². The van der Waals surface area contributed by atoms with Gasteiger partial charge in [-0.15, -0.1) is 4.91 Å². The average molecular weight is 455 g/mol. The number of carbonyl (C=O) groups is 3. The molecule has 2 aromatic carbocycles. The summed E-state index contributed by atoms with van der Waals surface area (Å²) < 4.78 is 19.3. The summed E-state index contributed by atoms with van der Waals surface area (Å²) >= 11 is 0. The summed E-state index contributed by atoms with van der Waals surface area (Å²) in [5.41, 5.74) is -0.0517. The predicted octanol–water partition coefficient (Wildman–Crippen LogP) is 3.77. The van der Waals surface area contributed by atoms with Crippen molar-refractivity contribution < 1.29 is 23.5 Å². The normalized spacial score (nSPS) is 21.5. The lowest BCUT2D eigenvalue weighted by atomic mass is 9.76. The number of piperidine rings is 1. The van der Waals surface area contributed by atoms with Gasteiger partial charge in [0.1, 0.15) is 11.6 Å². The number of nitrogens with zero attached hydrogens (tertiary/aromatic N) is 1. The summed E-state index contributed by atoms with van der Waals surface area (Å²) in [6, 6.07) is 9.33. The molecule has 2 aliphatic rings. The molecule has 2 amide bonds. The fourth-order valence-corrected chi connectivity index (χ4v) is 4.31. The number of fused-ring (bicyclic) bond motifs is 1. The predicted molar refractivity (Wildman–Crippen MR) is 121 cm³/mol. The summed E-state index contributed by atoms with van der Waals surface area (Å²) in [6.45, 7) is 4.12. The van der Waals surface area contributed by atoms with Crippen LogP contribution in [0.2, 0.25) is 0 Å². The first kappa shape index (κ1) is 24.0. The Bertz CT molecular complexity index is 1100. The zero-order valence-corrected chi connectivity index (χ0v) is 18.7. The number of nitroso groups, excluding NO2 is 1. The van der Waals surface area contributed by atoms with Crippen molar-refractivity contribution in [1.82, 2.24) is 5.32 Å². The SMILES string of the molecule is CC.COc1ccc(F)c(CNc2cccc3c2CC(N=O)([C@H]2CCC(=O)NC2=O)C3=O)c1. The number of Topliss-reactive ketones (excluding diaryl/α,β-unsaturated/α-hetero) is 1. The largest absolute Gasteiger partial charge is 0.497 e. The first-order chi connectivity index (χ1) is 15.9. The van der Waals surface area contributed by atoms with E-state index in [1.807, 2.05) is 13.8 Å². The molecule has 8 nitrogen and oxygen atoms in total. The second kappa shape index (κ2) is 9.89. The number of halogens is 1. The van der Waals surface area contributed by atoms with Crippen molar-refractivity contribution in [3.05, 3.63) is 63.8 Å². The van der Waals surface area contributed by atoms with E-state index in [2.05, 4.69) is 15.8 Å². The Hall–Kier alpha value is -3.62. The van der Waals surface area contributed by atoms with Crippen molar-refractivity contribution >= 4 is 23.3 Å². The summed E-state index contributed by atoms with van der Waals surface area (Å²) in [7, 11) is 1.49. The number of anilines is 1. The highest BCUT2D eigenvalue weighted by molar-refractivity contribution is 6.13.